The second-order valence-electron chi connectivity index (χ2n) is 3.71. The molecule has 1 heterocycles. The Morgan fingerprint density at radius 3 is 2.67 bits per heavy atom. The third-order valence-electron chi connectivity index (χ3n) is 2.53. The fourth-order valence-electron chi connectivity index (χ4n) is 1.67. The number of nitrogens with zero attached hydrogens (tertiary/aromatic N) is 2. The predicted octanol–water partition coefficient (Wildman–Crippen LogP) is 3.49. The molecule has 0 aliphatic carbocycles. The maximum absolute atomic E-state index is 13.0. The van der Waals surface area contributed by atoms with Crippen LogP contribution in [0.3, 0.4) is 0 Å². The lowest BCUT2D eigenvalue weighted by Gasteiger charge is -2.12. The van der Waals surface area contributed by atoms with Crippen LogP contribution < -0.4 is 5.56 Å². The van der Waals surface area contributed by atoms with Crippen LogP contribution in [-0.4, -0.2) is 4.57 Å². The number of rotatable bonds is 1. The Morgan fingerprint density at radius 2 is 2.06 bits per heavy atom. The summed E-state index contributed by atoms with van der Waals surface area (Å²) in [6.07, 6.45) is 0. The fourth-order valence-corrected chi connectivity index (χ4v) is 1.92. The van der Waals surface area contributed by atoms with Crippen LogP contribution in [0.15, 0.2) is 35.1 Å². The van der Waals surface area contributed by atoms with Gasteiger partial charge in [-0.2, -0.15) is 0 Å². The maximum Gasteiger partial charge on any atom is 0.261 e. The van der Waals surface area contributed by atoms with E-state index >= 15 is 0 Å². The molecule has 0 bridgehead atoms. The standard InChI is InChI=1S/C13H8ClFN2O/c1-8-3-5-11(16-2)13(18)17(8)12-6-4-9(15)7-10(12)14/h3-7H,1H3. The highest BCUT2D eigenvalue weighted by Crippen LogP contribution is 2.22. The molecule has 2 aromatic rings. The molecule has 1 aromatic carbocycles. The van der Waals surface area contributed by atoms with E-state index in [1.54, 1.807) is 13.0 Å². The first-order valence-electron chi connectivity index (χ1n) is 5.10. The van der Waals surface area contributed by atoms with Crippen molar-refractivity contribution in [3.05, 3.63) is 68.6 Å². The number of halogens is 2. The van der Waals surface area contributed by atoms with Crippen molar-refractivity contribution in [2.45, 2.75) is 6.92 Å². The summed E-state index contributed by atoms with van der Waals surface area (Å²) in [5.74, 6) is -0.476. The highest BCUT2D eigenvalue weighted by Gasteiger charge is 2.11. The minimum Gasteiger partial charge on any atom is -0.289 e. The summed E-state index contributed by atoms with van der Waals surface area (Å²) in [6, 6.07) is 6.87. The van der Waals surface area contributed by atoms with Gasteiger partial charge in [-0.25, -0.2) is 9.24 Å². The Kier molecular flexibility index (Phi) is 3.17. The van der Waals surface area contributed by atoms with E-state index in [-0.39, 0.29) is 10.7 Å². The molecule has 0 aliphatic heterocycles. The van der Waals surface area contributed by atoms with Crippen molar-refractivity contribution in [3.63, 3.8) is 0 Å². The van der Waals surface area contributed by atoms with E-state index in [0.717, 1.165) is 6.07 Å². The van der Waals surface area contributed by atoms with Gasteiger partial charge in [-0.15, -0.1) is 0 Å². The molecule has 0 amide bonds. The van der Waals surface area contributed by atoms with E-state index in [1.807, 2.05) is 0 Å². The molecule has 90 valence electrons. The highest BCUT2D eigenvalue weighted by molar-refractivity contribution is 6.32. The second-order valence-corrected chi connectivity index (χ2v) is 4.12. The van der Waals surface area contributed by atoms with Crippen molar-refractivity contribution < 1.29 is 4.39 Å². The van der Waals surface area contributed by atoms with Crippen molar-refractivity contribution >= 4 is 17.3 Å². The van der Waals surface area contributed by atoms with E-state index in [0.29, 0.717) is 11.4 Å². The third kappa shape index (κ3) is 2.01. The average Bonchev–Trinajstić information content (AvgIpc) is 2.32. The van der Waals surface area contributed by atoms with Crippen LogP contribution in [-0.2, 0) is 0 Å². The fraction of sp³-hybridized carbons (Fsp3) is 0.0769. The summed E-state index contributed by atoms with van der Waals surface area (Å²) in [6.45, 7) is 8.64. The molecule has 0 fully saturated rings. The summed E-state index contributed by atoms with van der Waals surface area (Å²) in [5, 5.41) is 0.127. The van der Waals surface area contributed by atoms with Gasteiger partial charge in [0.25, 0.3) is 11.2 Å². The molecular formula is C13H8ClFN2O. The molecular weight excluding hydrogens is 255 g/mol. The Balaban J connectivity index is 2.79. The SMILES string of the molecule is [C-]#[N+]c1ccc(C)n(-c2ccc(F)cc2Cl)c1=O. The molecule has 5 heteroatoms. The largest absolute Gasteiger partial charge is 0.289 e. The van der Waals surface area contributed by atoms with Gasteiger partial charge in [-0.3, -0.25) is 9.36 Å². The van der Waals surface area contributed by atoms with Crippen LogP contribution in [0.4, 0.5) is 10.1 Å². The number of hydrogen-bond donors (Lipinski definition) is 0. The molecule has 18 heavy (non-hydrogen) atoms. The zero-order valence-corrected chi connectivity index (χ0v) is 10.2. The second kappa shape index (κ2) is 4.63. The highest BCUT2D eigenvalue weighted by atomic mass is 35.5. The summed E-state index contributed by atoms with van der Waals surface area (Å²) in [4.78, 5) is 15.2. The molecule has 0 saturated heterocycles. The van der Waals surface area contributed by atoms with Gasteiger partial charge in [0, 0.05) is 5.69 Å². The molecule has 2 rings (SSSR count). The molecule has 0 atom stereocenters. The Morgan fingerprint density at radius 1 is 1.33 bits per heavy atom. The monoisotopic (exact) mass is 262 g/mol. The van der Waals surface area contributed by atoms with Crippen LogP contribution in [0.2, 0.25) is 5.02 Å². The normalized spacial score (nSPS) is 10.1. The van der Waals surface area contributed by atoms with Crippen LogP contribution >= 0.6 is 11.6 Å². The lowest BCUT2D eigenvalue weighted by molar-refractivity contribution is 0.627. The summed E-state index contributed by atoms with van der Waals surface area (Å²) < 4.78 is 14.3. The first-order valence-corrected chi connectivity index (χ1v) is 5.48. The quantitative estimate of drug-likeness (QED) is 0.723. The number of benzene rings is 1. The smallest absolute Gasteiger partial charge is 0.261 e. The van der Waals surface area contributed by atoms with Gasteiger partial charge in [0.15, 0.2) is 0 Å². The topological polar surface area (TPSA) is 26.4 Å². The number of hydrogen-bond acceptors (Lipinski definition) is 1. The lowest BCUT2D eigenvalue weighted by atomic mass is 10.2. The van der Waals surface area contributed by atoms with Gasteiger partial charge in [0.2, 0.25) is 0 Å². The first kappa shape index (κ1) is 12.3. The van der Waals surface area contributed by atoms with Gasteiger partial charge in [-0.1, -0.05) is 17.7 Å². The summed E-state index contributed by atoms with van der Waals surface area (Å²) in [5.41, 5.74) is 0.534. The van der Waals surface area contributed by atoms with Crippen molar-refractivity contribution in [3.8, 4) is 5.69 Å². The van der Waals surface area contributed by atoms with Gasteiger partial charge < -0.3 is 0 Å². The number of aromatic nitrogens is 1. The van der Waals surface area contributed by atoms with Crippen LogP contribution in [0.25, 0.3) is 10.5 Å². The predicted molar refractivity (Wildman–Crippen MR) is 68.0 cm³/mol. The van der Waals surface area contributed by atoms with E-state index in [9.17, 15) is 9.18 Å². The van der Waals surface area contributed by atoms with E-state index in [4.69, 9.17) is 18.2 Å². The summed E-state index contributed by atoms with van der Waals surface area (Å²) in [7, 11) is 0. The minimum atomic E-state index is -0.476. The molecule has 0 saturated carbocycles. The molecule has 0 aliphatic rings. The lowest BCUT2D eigenvalue weighted by Crippen LogP contribution is -2.19. The molecule has 3 nitrogen and oxygen atoms in total. The van der Waals surface area contributed by atoms with Gasteiger partial charge in [0.05, 0.1) is 17.3 Å². The molecule has 0 unspecified atom stereocenters. The van der Waals surface area contributed by atoms with Crippen molar-refractivity contribution in [2.75, 3.05) is 0 Å². The number of pyridine rings is 1. The van der Waals surface area contributed by atoms with Crippen molar-refractivity contribution in [1.29, 1.82) is 0 Å². The maximum atomic E-state index is 13.0. The van der Waals surface area contributed by atoms with Crippen LogP contribution in [0.5, 0.6) is 0 Å². The summed E-state index contributed by atoms with van der Waals surface area (Å²) >= 11 is 5.93. The molecule has 0 N–H and O–H groups in total. The van der Waals surface area contributed by atoms with Gasteiger partial charge in [0.1, 0.15) is 5.82 Å². The Hall–Kier alpha value is -2.12. The van der Waals surface area contributed by atoms with Gasteiger partial charge >= 0.3 is 0 Å². The molecule has 0 spiro atoms. The Labute approximate surface area is 108 Å². The van der Waals surface area contributed by atoms with Crippen molar-refractivity contribution in [1.82, 2.24) is 4.57 Å². The third-order valence-corrected chi connectivity index (χ3v) is 2.83. The van der Waals surface area contributed by atoms with Crippen molar-refractivity contribution in [2.24, 2.45) is 0 Å². The van der Waals surface area contributed by atoms with Crippen LogP contribution in [0.1, 0.15) is 5.69 Å². The zero-order valence-electron chi connectivity index (χ0n) is 9.45. The molecule has 0 radical (unpaired) electrons. The van der Waals surface area contributed by atoms with E-state index in [2.05, 4.69) is 4.85 Å². The van der Waals surface area contributed by atoms with Crippen LogP contribution in [0, 0.1) is 19.3 Å². The zero-order chi connectivity index (χ0) is 13.3. The average molecular weight is 263 g/mol. The van der Waals surface area contributed by atoms with Gasteiger partial charge in [-0.05, 0) is 31.2 Å². The number of aryl methyl sites for hydroxylation is 1. The minimum absolute atomic E-state index is 0.000918. The first-order chi connectivity index (χ1) is 8.54. The van der Waals surface area contributed by atoms with E-state index < -0.39 is 11.4 Å². The molecule has 1 aromatic heterocycles. The Bertz CT molecular complexity index is 716. The van der Waals surface area contributed by atoms with E-state index in [1.165, 1.54) is 22.8 Å².